The van der Waals surface area contributed by atoms with Gasteiger partial charge >= 0.3 is 0 Å². The molecule has 1 fully saturated rings. The van der Waals surface area contributed by atoms with Gasteiger partial charge in [-0.3, -0.25) is 9.59 Å². The van der Waals surface area contributed by atoms with Crippen molar-refractivity contribution < 1.29 is 29.6 Å². The number of fused-ring (bicyclic) bond motifs is 1. The zero-order valence-corrected chi connectivity index (χ0v) is 28.8. The molecule has 1 aliphatic carbocycles. The quantitative estimate of drug-likeness (QED) is 0.0877. The number of carbonyl (C=O) groups excluding carboxylic acids is 2. The third-order valence-corrected chi connectivity index (χ3v) is 9.02. The number of ether oxygens (including phenoxy) is 1. The van der Waals surface area contributed by atoms with Crippen molar-refractivity contribution in [2.75, 3.05) is 33.5 Å². The number of unbranched alkanes of at least 4 members (excludes halogenated alkanes) is 2. The van der Waals surface area contributed by atoms with E-state index in [0.717, 1.165) is 23.8 Å². The van der Waals surface area contributed by atoms with Crippen molar-refractivity contribution >= 4 is 23.3 Å². The van der Waals surface area contributed by atoms with Gasteiger partial charge in [-0.2, -0.15) is 0 Å². The van der Waals surface area contributed by atoms with E-state index in [4.69, 9.17) is 14.9 Å². The number of methoxy groups -OCH3 is 1. The summed E-state index contributed by atoms with van der Waals surface area (Å²) in [5.74, 6) is 1.72. The van der Waals surface area contributed by atoms with Gasteiger partial charge in [-0.1, -0.05) is 101 Å². The highest BCUT2D eigenvalue weighted by atomic mass is 16.5. The summed E-state index contributed by atoms with van der Waals surface area (Å²) in [7, 11) is 1.69. The van der Waals surface area contributed by atoms with Crippen LogP contribution in [0.3, 0.4) is 0 Å². The summed E-state index contributed by atoms with van der Waals surface area (Å²) in [5.41, 5.74) is 7.24. The van der Waals surface area contributed by atoms with Crippen molar-refractivity contribution in [2.24, 2.45) is 5.92 Å². The van der Waals surface area contributed by atoms with Gasteiger partial charge in [0.1, 0.15) is 12.6 Å². The monoisotopic (exact) mass is 644 g/mol. The minimum absolute atomic E-state index is 0.0229. The maximum Gasteiger partial charge on any atom is 0.147 e. The van der Waals surface area contributed by atoms with E-state index in [1.807, 2.05) is 0 Å². The van der Waals surface area contributed by atoms with E-state index in [2.05, 4.69) is 81.6 Å². The molecule has 6 heteroatoms. The third-order valence-electron chi connectivity index (χ3n) is 9.02. The second-order valence-electron chi connectivity index (χ2n) is 12.5. The number of aryl methyl sites for hydroxylation is 1. The largest absolute Gasteiger partial charge is 0.396 e. The molecule has 0 heterocycles. The minimum atomic E-state index is -0.233. The lowest BCUT2D eigenvalue weighted by Gasteiger charge is -2.29. The van der Waals surface area contributed by atoms with E-state index in [1.165, 1.54) is 78.8 Å². The Kier molecular flexibility index (Phi) is 18.8. The molecule has 0 aromatic heterocycles. The van der Waals surface area contributed by atoms with E-state index in [0.29, 0.717) is 19.2 Å². The number of aliphatic hydroxyl groups is 3. The first-order chi connectivity index (χ1) is 22.8. The molecule has 3 N–H and O–H groups in total. The molecule has 0 bridgehead atoms. The minimum Gasteiger partial charge on any atom is -0.396 e. The number of aldehydes is 2. The Morgan fingerprint density at radius 2 is 1.49 bits per heavy atom. The maximum absolute atomic E-state index is 9.73. The predicted octanol–water partition coefficient (Wildman–Crippen LogP) is 8.11. The van der Waals surface area contributed by atoms with Crippen molar-refractivity contribution in [2.45, 2.75) is 83.5 Å². The molecule has 3 aromatic rings. The van der Waals surface area contributed by atoms with E-state index < -0.39 is 0 Å². The highest BCUT2D eigenvalue weighted by Gasteiger charge is 2.23. The number of carbonyl (C=O) groups is 2. The maximum atomic E-state index is 9.73. The van der Waals surface area contributed by atoms with Crippen LogP contribution < -0.4 is 0 Å². The molecule has 1 aliphatic rings. The van der Waals surface area contributed by atoms with Crippen LogP contribution in [0.25, 0.3) is 21.9 Å². The molecular formula is C41H56O6. The lowest BCUT2D eigenvalue weighted by molar-refractivity contribution is -0.106. The Labute approximate surface area is 282 Å². The van der Waals surface area contributed by atoms with Gasteiger partial charge in [0, 0.05) is 24.2 Å². The summed E-state index contributed by atoms with van der Waals surface area (Å²) < 4.78 is 5.28. The number of benzene rings is 3. The average Bonchev–Trinajstić information content (AvgIpc) is 3.13. The summed E-state index contributed by atoms with van der Waals surface area (Å²) in [6, 6.07) is 20.6. The fourth-order valence-electron chi connectivity index (χ4n) is 6.12. The van der Waals surface area contributed by atoms with Crippen LogP contribution in [-0.2, 0) is 20.7 Å². The third kappa shape index (κ3) is 13.0. The first kappa shape index (κ1) is 39.8. The molecule has 0 amide bonds. The van der Waals surface area contributed by atoms with Crippen LogP contribution in [0.4, 0.5) is 0 Å². The average molecular weight is 645 g/mol. The van der Waals surface area contributed by atoms with Crippen LogP contribution in [0.15, 0.2) is 78.9 Å². The van der Waals surface area contributed by atoms with Crippen LogP contribution in [0.5, 0.6) is 0 Å². The van der Waals surface area contributed by atoms with Crippen molar-refractivity contribution in [1.82, 2.24) is 0 Å². The molecule has 0 spiro atoms. The summed E-state index contributed by atoms with van der Waals surface area (Å²) in [6.07, 6.45) is 13.2. The number of hydrogen-bond donors (Lipinski definition) is 3. The Morgan fingerprint density at radius 1 is 0.851 bits per heavy atom. The normalized spacial score (nSPS) is 16.2. The number of hydrogen-bond acceptors (Lipinski definition) is 6. The first-order valence-electron chi connectivity index (χ1n) is 17.0. The molecule has 6 nitrogen and oxygen atoms in total. The van der Waals surface area contributed by atoms with Crippen molar-refractivity contribution in [1.29, 1.82) is 0 Å². The van der Waals surface area contributed by atoms with E-state index in [9.17, 15) is 14.7 Å². The molecule has 256 valence electrons. The second-order valence-corrected chi connectivity index (χ2v) is 12.5. The Morgan fingerprint density at radius 3 is 2.02 bits per heavy atom. The molecule has 0 saturated heterocycles. The van der Waals surface area contributed by atoms with Gasteiger partial charge in [-0.15, -0.1) is 0 Å². The molecule has 0 radical (unpaired) electrons. The van der Waals surface area contributed by atoms with Crippen LogP contribution in [0, 0.1) is 5.92 Å². The second kappa shape index (κ2) is 22.2. The summed E-state index contributed by atoms with van der Waals surface area (Å²) in [4.78, 5) is 19.0. The van der Waals surface area contributed by atoms with Crippen LogP contribution in [0.1, 0.15) is 93.7 Å². The number of aliphatic hydroxyl groups excluding tert-OH is 3. The van der Waals surface area contributed by atoms with Crippen LogP contribution in [0.2, 0.25) is 0 Å². The van der Waals surface area contributed by atoms with Gasteiger partial charge in [0.25, 0.3) is 0 Å². The van der Waals surface area contributed by atoms with Gasteiger partial charge < -0.3 is 20.1 Å². The molecule has 1 unspecified atom stereocenters. The van der Waals surface area contributed by atoms with Crippen LogP contribution in [-0.4, -0.2) is 61.4 Å². The highest BCUT2D eigenvalue weighted by molar-refractivity contribution is 5.88. The summed E-state index contributed by atoms with van der Waals surface area (Å²) in [5, 5.41) is 28.2. The predicted molar refractivity (Wildman–Crippen MR) is 194 cm³/mol. The van der Waals surface area contributed by atoms with Gasteiger partial charge in [0.2, 0.25) is 0 Å². The zero-order chi connectivity index (χ0) is 34.6. The molecule has 4 rings (SSSR count). The molecule has 1 atom stereocenters. The SMILES string of the molecule is C=C(C=O)CO.C=C(C=O)CO.CCCCCC1CCC(c2ccc(-c3ccc4cc(C(CO)COC)ccc4c3)c(CC)c2)CC1. The summed E-state index contributed by atoms with van der Waals surface area (Å²) >= 11 is 0. The van der Waals surface area contributed by atoms with Crippen molar-refractivity contribution in [3.63, 3.8) is 0 Å². The Balaban J connectivity index is 0.000000546. The molecule has 1 saturated carbocycles. The smallest absolute Gasteiger partial charge is 0.147 e. The summed E-state index contributed by atoms with van der Waals surface area (Å²) in [6.45, 7) is 11.1. The van der Waals surface area contributed by atoms with Gasteiger partial charge in [-0.05, 0) is 88.6 Å². The zero-order valence-electron chi connectivity index (χ0n) is 28.8. The highest BCUT2D eigenvalue weighted by Crippen LogP contribution is 2.39. The molecule has 3 aromatic carbocycles. The van der Waals surface area contributed by atoms with Crippen LogP contribution >= 0.6 is 0 Å². The fourth-order valence-corrected chi connectivity index (χ4v) is 6.12. The Bertz CT molecular complexity index is 1380. The lowest BCUT2D eigenvalue weighted by Crippen LogP contribution is -2.13. The standard InChI is InChI=1S/C33H44O2.2C4H6O2/c1-4-6-7-8-24-9-11-26(12-10-24)27-17-18-33(25(5-2)19-27)31-16-15-28-20-30(14-13-29(28)21-31)32(22-34)23-35-3;2*1-4(2-5)3-6/h13-21,24,26,32,34H,4-12,22-23H2,1-3H3;2*2,6H,1,3H2. The van der Waals surface area contributed by atoms with Gasteiger partial charge in [0.05, 0.1) is 26.4 Å². The van der Waals surface area contributed by atoms with E-state index in [1.54, 1.807) is 12.7 Å². The molecular weight excluding hydrogens is 588 g/mol. The Hall–Kier alpha value is -3.42. The lowest BCUT2D eigenvalue weighted by atomic mass is 9.76. The topological polar surface area (TPSA) is 104 Å². The molecule has 0 aliphatic heterocycles. The fraction of sp³-hybridized carbons (Fsp3) is 0.463. The first-order valence-corrected chi connectivity index (χ1v) is 17.0. The van der Waals surface area contributed by atoms with Gasteiger partial charge in [-0.25, -0.2) is 0 Å². The van der Waals surface area contributed by atoms with E-state index >= 15 is 0 Å². The molecule has 47 heavy (non-hydrogen) atoms. The van der Waals surface area contributed by atoms with Crippen molar-refractivity contribution in [3.8, 4) is 11.1 Å². The van der Waals surface area contributed by atoms with E-state index in [-0.39, 0.29) is 36.9 Å². The van der Waals surface area contributed by atoms with Crippen molar-refractivity contribution in [3.05, 3.63) is 95.6 Å². The number of rotatable bonds is 15. The van der Waals surface area contributed by atoms with Gasteiger partial charge in [0.15, 0.2) is 0 Å².